The van der Waals surface area contributed by atoms with Gasteiger partial charge in [0, 0.05) is 6.20 Å². The summed E-state index contributed by atoms with van der Waals surface area (Å²) < 4.78 is 4.80. The zero-order valence-electron chi connectivity index (χ0n) is 9.88. The summed E-state index contributed by atoms with van der Waals surface area (Å²) in [5.41, 5.74) is -0.195. The number of thioether (sulfide) groups is 1. The molecule has 1 fully saturated rings. The molecule has 1 aliphatic heterocycles. The first-order valence-electron chi connectivity index (χ1n) is 5.11. The van der Waals surface area contributed by atoms with Crippen molar-refractivity contribution >= 4 is 23.6 Å². The number of ether oxygens (including phenoxy) is 1. The smallest absolute Gasteiger partial charge is 0.351 e. The lowest BCUT2D eigenvalue weighted by molar-refractivity contribution is -0.137. The number of hydrogen-bond donors (Lipinski definition) is 0. The maximum atomic E-state index is 11.7. The molecule has 1 atom stereocenters. The Bertz CT molecular complexity index is 476. The van der Waals surface area contributed by atoms with Crippen molar-refractivity contribution in [3.05, 3.63) is 36.0 Å². The van der Waals surface area contributed by atoms with E-state index in [2.05, 4.69) is 13.2 Å². The van der Waals surface area contributed by atoms with Crippen LogP contribution in [0, 0.1) is 11.3 Å². The molecule has 5 nitrogen and oxygen atoms in total. The maximum Gasteiger partial charge on any atom is 0.351 e. The van der Waals surface area contributed by atoms with Gasteiger partial charge < -0.3 is 4.74 Å². The fourth-order valence-electron chi connectivity index (χ4n) is 1.31. The first kappa shape index (κ1) is 14.1. The molecule has 0 N–H and O–H groups in total. The first-order valence-corrected chi connectivity index (χ1v) is 5.99. The Morgan fingerprint density at radius 1 is 1.67 bits per heavy atom. The highest BCUT2D eigenvalue weighted by molar-refractivity contribution is 8.04. The second-order valence-electron chi connectivity index (χ2n) is 3.33. The molecule has 18 heavy (non-hydrogen) atoms. The van der Waals surface area contributed by atoms with Gasteiger partial charge in [0.15, 0.2) is 5.57 Å². The van der Waals surface area contributed by atoms with E-state index in [0.717, 1.165) is 11.8 Å². The predicted octanol–water partition coefficient (Wildman–Crippen LogP) is 1.56. The molecule has 0 spiro atoms. The van der Waals surface area contributed by atoms with E-state index in [-0.39, 0.29) is 28.4 Å². The zero-order chi connectivity index (χ0) is 13.7. The monoisotopic (exact) mass is 264 g/mol. The van der Waals surface area contributed by atoms with Crippen LogP contribution in [-0.2, 0) is 14.3 Å². The molecular weight excluding hydrogens is 252 g/mol. The van der Waals surface area contributed by atoms with E-state index >= 15 is 0 Å². The number of esters is 1. The van der Waals surface area contributed by atoms with Crippen LogP contribution >= 0.6 is 11.8 Å². The molecule has 1 saturated heterocycles. The fourth-order valence-corrected chi connectivity index (χ4v) is 2.38. The van der Waals surface area contributed by atoms with E-state index in [1.165, 1.54) is 17.2 Å². The largest absolute Gasteiger partial charge is 0.457 e. The number of carbonyl (C=O) groups excluding carboxylic acids is 2. The van der Waals surface area contributed by atoms with Crippen molar-refractivity contribution in [1.29, 1.82) is 5.26 Å². The minimum absolute atomic E-state index is 0.0134. The summed E-state index contributed by atoms with van der Waals surface area (Å²) in [4.78, 5) is 24.6. The third-order valence-electron chi connectivity index (χ3n) is 2.14. The third-order valence-corrected chi connectivity index (χ3v) is 3.32. The Balaban J connectivity index is 3.11. The summed E-state index contributed by atoms with van der Waals surface area (Å²) in [6.45, 7) is 8.61. The van der Waals surface area contributed by atoms with Crippen molar-refractivity contribution < 1.29 is 14.3 Å². The molecule has 0 aromatic carbocycles. The van der Waals surface area contributed by atoms with Crippen LogP contribution in [0.3, 0.4) is 0 Å². The Labute approximate surface area is 109 Å². The standard InChI is InChI=1S/C12H12N2O3S/c1-4-6-17-12(16)9(7-13)11-14(5-2)10(15)8(3)18-11/h4-5,8H,1-2,6H2,3H3/b11-9-. The predicted molar refractivity (Wildman–Crippen MR) is 67.9 cm³/mol. The summed E-state index contributed by atoms with van der Waals surface area (Å²) in [5.74, 6) is -0.983. The SMILES string of the molecule is C=CCOC(=O)/C(C#N)=C1\SC(C)C(=O)N1C=C. The van der Waals surface area contributed by atoms with Gasteiger partial charge in [-0.2, -0.15) is 5.26 Å². The van der Waals surface area contributed by atoms with Crippen LogP contribution in [0.15, 0.2) is 36.0 Å². The average Bonchev–Trinajstić information content (AvgIpc) is 2.63. The quantitative estimate of drug-likeness (QED) is 0.333. The van der Waals surface area contributed by atoms with Crippen molar-refractivity contribution in [2.24, 2.45) is 0 Å². The van der Waals surface area contributed by atoms with Crippen molar-refractivity contribution in [3.63, 3.8) is 0 Å². The number of nitriles is 1. The normalized spacial score (nSPS) is 21.2. The Morgan fingerprint density at radius 2 is 2.33 bits per heavy atom. The zero-order valence-corrected chi connectivity index (χ0v) is 10.7. The number of amides is 1. The molecule has 94 valence electrons. The summed E-state index contributed by atoms with van der Waals surface area (Å²) in [6.07, 6.45) is 2.69. The molecule has 1 rings (SSSR count). The molecule has 0 saturated carbocycles. The Hall–Kier alpha value is -2.00. The van der Waals surface area contributed by atoms with Crippen LogP contribution < -0.4 is 0 Å². The molecule has 6 heteroatoms. The molecule has 0 aromatic rings. The molecule has 1 aliphatic rings. The van der Waals surface area contributed by atoms with E-state index in [4.69, 9.17) is 10.00 Å². The molecule has 1 heterocycles. The summed E-state index contributed by atoms with van der Waals surface area (Å²) in [6, 6.07) is 1.77. The van der Waals surface area contributed by atoms with Crippen LogP contribution in [0.5, 0.6) is 0 Å². The lowest BCUT2D eigenvalue weighted by Gasteiger charge is -2.11. The summed E-state index contributed by atoms with van der Waals surface area (Å²) in [5, 5.41) is 8.93. The average molecular weight is 264 g/mol. The lowest BCUT2D eigenvalue weighted by Crippen LogP contribution is -2.23. The first-order chi connectivity index (χ1) is 8.56. The van der Waals surface area contributed by atoms with Crippen LogP contribution in [0.4, 0.5) is 0 Å². The van der Waals surface area contributed by atoms with E-state index < -0.39 is 5.97 Å². The van der Waals surface area contributed by atoms with E-state index in [0.29, 0.717) is 0 Å². The molecule has 1 amide bonds. The van der Waals surface area contributed by atoms with Gasteiger partial charge in [-0.05, 0) is 6.92 Å². The van der Waals surface area contributed by atoms with Gasteiger partial charge in [0.2, 0.25) is 5.91 Å². The van der Waals surface area contributed by atoms with Crippen LogP contribution in [0.1, 0.15) is 6.92 Å². The fraction of sp³-hybridized carbons (Fsp3) is 0.250. The minimum Gasteiger partial charge on any atom is -0.457 e. The maximum absolute atomic E-state index is 11.7. The van der Waals surface area contributed by atoms with Gasteiger partial charge in [-0.1, -0.05) is 31.0 Å². The Morgan fingerprint density at radius 3 is 2.83 bits per heavy atom. The van der Waals surface area contributed by atoms with Crippen molar-refractivity contribution in [1.82, 2.24) is 4.90 Å². The van der Waals surface area contributed by atoms with Crippen LogP contribution in [0.25, 0.3) is 0 Å². The highest BCUT2D eigenvalue weighted by Crippen LogP contribution is 2.37. The second kappa shape index (κ2) is 6.07. The molecule has 0 radical (unpaired) electrons. The molecular formula is C12H12N2O3S. The second-order valence-corrected chi connectivity index (χ2v) is 4.66. The highest BCUT2D eigenvalue weighted by Gasteiger charge is 2.36. The third kappa shape index (κ3) is 2.63. The highest BCUT2D eigenvalue weighted by atomic mass is 32.2. The van der Waals surface area contributed by atoms with Crippen LogP contribution in [-0.4, -0.2) is 28.6 Å². The van der Waals surface area contributed by atoms with Crippen LogP contribution in [0.2, 0.25) is 0 Å². The minimum atomic E-state index is -0.770. The topological polar surface area (TPSA) is 70.4 Å². The van der Waals surface area contributed by atoms with Gasteiger partial charge in [-0.25, -0.2) is 4.79 Å². The molecule has 0 aromatic heterocycles. The lowest BCUT2D eigenvalue weighted by atomic mass is 10.3. The van der Waals surface area contributed by atoms with Gasteiger partial charge >= 0.3 is 5.97 Å². The molecule has 0 bridgehead atoms. The number of rotatable bonds is 4. The van der Waals surface area contributed by atoms with Gasteiger partial charge in [-0.15, -0.1) is 0 Å². The Kier molecular flexibility index (Phi) is 4.75. The van der Waals surface area contributed by atoms with Gasteiger partial charge in [0.1, 0.15) is 17.7 Å². The number of nitrogens with zero attached hydrogens (tertiary/aromatic N) is 2. The van der Waals surface area contributed by atoms with E-state index in [9.17, 15) is 9.59 Å². The summed E-state index contributed by atoms with van der Waals surface area (Å²) >= 11 is 1.14. The summed E-state index contributed by atoms with van der Waals surface area (Å²) in [7, 11) is 0. The van der Waals surface area contributed by atoms with Crippen molar-refractivity contribution in [2.45, 2.75) is 12.2 Å². The van der Waals surface area contributed by atoms with E-state index in [1.54, 1.807) is 13.0 Å². The van der Waals surface area contributed by atoms with Crippen molar-refractivity contribution in [2.75, 3.05) is 6.61 Å². The van der Waals surface area contributed by atoms with E-state index in [1.807, 2.05) is 0 Å². The van der Waals surface area contributed by atoms with Gasteiger partial charge in [0.25, 0.3) is 0 Å². The molecule has 0 aliphatic carbocycles. The number of hydrogen-bond acceptors (Lipinski definition) is 5. The van der Waals surface area contributed by atoms with Gasteiger partial charge in [-0.3, -0.25) is 9.69 Å². The number of carbonyl (C=O) groups is 2. The molecule has 1 unspecified atom stereocenters. The van der Waals surface area contributed by atoms with Gasteiger partial charge in [0.05, 0.1) is 5.25 Å². The van der Waals surface area contributed by atoms with Crippen molar-refractivity contribution in [3.8, 4) is 6.07 Å².